The summed E-state index contributed by atoms with van der Waals surface area (Å²) in [6.07, 6.45) is 3.54. The van der Waals surface area contributed by atoms with Gasteiger partial charge < -0.3 is 4.52 Å². The third-order valence-electron chi connectivity index (χ3n) is 1.77. The summed E-state index contributed by atoms with van der Waals surface area (Å²) in [5, 5.41) is 3.79. The third-order valence-corrected chi connectivity index (χ3v) is 2.02. The van der Waals surface area contributed by atoms with Crippen LogP contribution in [0.15, 0.2) is 9.52 Å². The van der Waals surface area contributed by atoms with Crippen LogP contribution in [0.4, 0.5) is 5.69 Å². The van der Waals surface area contributed by atoms with Crippen LogP contribution < -0.4 is 0 Å². The van der Waals surface area contributed by atoms with Crippen LogP contribution in [0.3, 0.4) is 0 Å². The van der Waals surface area contributed by atoms with E-state index in [-0.39, 0.29) is 5.22 Å². The molecule has 0 aromatic carbocycles. The van der Waals surface area contributed by atoms with Gasteiger partial charge in [-0.2, -0.15) is 4.99 Å². The number of rotatable bonds is 2. The van der Waals surface area contributed by atoms with E-state index in [1.807, 2.05) is 0 Å². The second-order valence-corrected chi connectivity index (χ2v) is 3.01. The van der Waals surface area contributed by atoms with Crippen molar-refractivity contribution in [3.05, 3.63) is 10.9 Å². The van der Waals surface area contributed by atoms with Crippen molar-refractivity contribution in [1.29, 1.82) is 0 Å². The van der Waals surface area contributed by atoms with Crippen molar-refractivity contribution in [3.8, 4) is 0 Å². The van der Waals surface area contributed by atoms with Crippen molar-refractivity contribution in [3.63, 3.8) is 0 Å². The van der Waals surface area contributed by atoms with E-state index in [1.165, 1.54) is 6.08 Å². The van der Waals surface area contributed by atoms with E-state index in [9.17, 15) is 4.79 Å². The topological polar surface area (TPSA) is 55.5 Å². The van der Waals surface area contributed by atoms with Crippen LogP contribution in [0.1, 0.15) is 24.5 Å². The third kappa shape index (κ3) is 1.15. The van der Waals surface area contributed by atoms with Gasteiger partial charge in [0.2, 0.25) is 6.08 Å². The molecule has 0 spiro atoms. The van der Waals surface area contributed by atoms with Gasteiger partial charge in [0.1, 0.15) is 5.69 Å². The van der Waals surface area contributed by atoms with Crippen LogP contribution in [-0.2, 0) is 4.79 Å². The van der Waals surface area contributed by atoms with Gasteiger partial charge in [-0.25, -0.2) is 4.79 Å². The van der Waals surface area contributed by atoms with E-state index in [1.54, 1.807) is 0 Å². The average Bonchev–Trinajstić information content (AvgIpc) is 2.82. The Labute approximate surface area is 73.2 Å². The van der Waals surface area contributed by atoms with Gasteiger partial charge in [-0.1, -0.05) is 5.16 Å². The molecule has 1 saturated carbocycles. The molecule has 2 rings (SSSR count). The highest BCUT2D eigenvalue weighted by Crippen LogP contribution is 2.45. The van der Waals surface area contributed by atoms with E-state index >= 15 is 0 Å². The molecular formula is C7H5ClN2O2. The second-order valence-electron chi connectivity index (χ2n) is 2.67. The lowest BCUT2D eigenvalue weighted by Crippen LogP contribution is -1.77. The van der Waals surface area contributed by atoms with Gasteiger partial charge >= 0.3 is 0 Å². The molecule has 1 aliphatic carbocycles. The van der Waals surface area contributed by atoms with Crippen LogP contribution in [0.5, 0.6) is 0 Å². The predicted octanol–water partition coefficient (Wildman–Crippen LogP) is 2.17. The Morgan fingerprint density at radius 3 is 3.00 bits per heavy atom. The summed E-state index contributed by atoms with van der Waals surface area (Å²) < 4.78 is 4.69. The van der Waals surface area contributed by atoms with Crippen molar-refractivity contribution >= 4 is 23.4 Å². The molecule has 0 saturated heterocycles. The number of nitrogens with zero attached hydrogens (tertiary/aromatic N) is 2. The summed E-state index contributed by atoms with van der Waals surface area (Å²) in [6.45, 7) is 0. The number of carbonyl (C=O) groups excluding carboxylic acids is 1. The Balaban J connectivity index is 2.45. The first-order chi connectivity index (χ1) is 5.83. The lowest BCUT2D eigenvalue weighted by atomic mass is 10.3. The first-order valence-corrected chi connectivity index (χ1v) is 3.93. The number of aliphatic imine (C=N–C) groups is 1. The van der Waals surface area contributed by atoms with Gasteiger partial charge in [-0.05, 0) is 24.4 Å². The van der Waals surface area contributed by atoms with Crippen LogP contribution in [0, 0.1) is 0 Å². The molecule has 0 radical (unpaired) electrons. The van der Waals surface area contributed by atoms with Crippen molar-refractivity contribution in [2.75, 3.05) is 0 Å². The zero-order chi connectivity index (χ0) is 8.55. The fourth-order valence-electron chi connectivity index (χ4n) is 1.05. The largest absolute Gasteiger partial charge is 0.342 e. The van der Waals surface area contributed by atoms with Gasteiger partial charge in [0.05, 0.1) is 0 Å². The van der Waals surface area contributed by atoms with Crippen molar-refractivity contribution < 1.29 is 9.32 Å². The molecule has 1 aromatic heterocycles. The molecule has 12 heavy (non-hydrogen) atoms. The Bertz CT molecular complexity index is 350. The maximum Gasteiger partial charge on any atom is 0.252 e. The summed E-state index contributed by atoms with van der Waals surface area (Å²) in [4.78, 5) is 13.4. The summed E-state index contributed by atoms with van der Waals surface area (Å²) in [5.74, 6) is 0.369. The lowest BCUT2D eigenvalue weighted by Gasteiger charge is -1.86. The Kier molecular flexibility index (Phi) is 1.71. The monoisotopic (exact) mass is 184 g/mol. The summed E-state index contributed by atoms with van der Waals surface area (Å²) >= 11 is 5.59. The minimum atomic E-state index is 0.0697. The summed E-state index contributed by atoms with van der Waals surface area (Å²) in [6, 6.07) is 0. The molecule has 62 valence electrons. The molecule has 0 N–H and O–H groups in total. The Morgan fingerprint density at radius 2 is 2.42 bits per heavy atom. The lowest BCUT2D eigenvalue weighted by molar-refractivity contribution is 0.414. The molecule has 0 unspecified atom stereocenters. The van der Waals surface area contributed by atoms with Gasteiger partial charge in [0.25, 0.3) is 5.22 Å². The minimum absolute atomic E-state index is 0.0697. The van der Waals surface area contributed by atoms with Crippen LogP contribution in [0.2, 0.25) is 5.22 Å². The zero-order valence-electron chi connectivity index (χ0n) is 6.08. The van der Waals surface area contributed by atoms with Crippen molar-refractivity contribution in [2.24, 2.45) is 4.99 Å². The maximum atomic E-state index is 10.00. The maximum absolute atomic E-state index is 10.00. The highest BCUT2D eigenvalue weighted by atomic mass is 35.5. The average molecular weight is 185 g/mol. The van der Waals surface area contributed by atoms with Gasteiger partial charge in [-0.3, -0.25) is 0 Å². The predicted molar refractivity (Wildman–Crippen MR) is 41.3 cm³/mol. The molecule has 0 amide bonds. The molecule has 1 fully saturated rings. The van der Waals surface area contributed by atoms with Crippen molar-refractivity contribution in [1.82, 2.24) is 5.16 Å². The second kappa shape index (κ2) is 2.73. The van der Waals surface area contributed by atoms with E-state index < -0.39 is 0 Å². The summed E-state index contributed by atoms with van der Waals surface area (Å²) in [5.41, 5.74) is 1.03. The SMILES string of the molecule is O=C=Nc1c(C2CC2)noc1Cl. The van der Waals surface area contributed by atoms with Gasteiger partial charge in [0.15, 0.2) is 5.69 Å². The van der Waals surface area contributed by atoms with E-state index in [0.717, 1.165) is 12.8 Å². The first-order valence-electron chi connectivity index (χ1n) is 3.56. The highest BCUT2D eigenvalue weighted by molar-refractivity contribution is 6.31. The fraction of sp³-hybridized carbons (Fsp3) is 0.429. The summed E-state index contributed by atoms with van der Waals surface area (Å²) in [7, 11) is 0. The van der Waals surface area contributed by atoms with Gasteiger partial charge in [-0.15, -0.1) is 0 Å². The van der Waals surface area contributed by atoms with Crippen molar-refractivity contribution in [2.45, 2.75) is 18.8 Å². The molecule has 1 heterocycles. The molecule has 5 heteroatoms. The molecule has 1 aromatic rings. The quantitative estimate of drug-likeness (QED) is 0.523. The number of isocyanates is 1. The zero-order valence-corrected chi connectivity index (χ0v) is 6.84. The van der Waals surface area contributed by atoms with Crippen LogP contribution in [0.25, 0.3) is 0 Å². The van der Waals surface area contributed by atoms with Crippen LogP contribution >= 0.6 is 11.6 Å². The normalized spacial score (nSPS) is 15.8. The molecule has 1 aliphatic rings. The number of aromatic nitrogens is 1. The first kappa shape index (κ1) is 7.53. The number of hydrogen-bond acceptors (Lipinski definition) is 4. The minimum Gasteiger partial charge on any atom is -0.342 e. The smallest absolute Gasteiger partial charge is 0.252 e. The molecule has 4 nitrogen and oxygen atoms in total. The molecule has 0 bridgehead atoms. The molecular weight excluding hydrogens is 180 g/mol. The molecule has 0 aliphatic heterocycles. The van der Waals surface area contributed by atoms with E-state index in [0.29, 0.717) is 17.3 Å². The Hall–Kier alpha value is -1.12. The number of hydrogen-bond donors (Lipinski definition) is 0. The Morgan fingerprint density at radius 1 is 1.67 bits per heavy atom. The van der Waals surface area contributed by atoms with E-state index in [4.69, 9.17) is 16.1 Å². The fourth-order valence-corrected chi connectivity index (χ4v) is 1.22. The highest BCUT2D eigenvalue weighted by Gasteiger charge is 2.31. The molecule has 0 atom stereocenters. The number of halogens is 1. The van der Waals surface area contributed by atoms with Crippen LogP contribution in [-0.4, -0.2) is 11.2 Å². The standard InChI is InChI=1S/C7H5ClN2O2/c8-7-6(9-3-11)5(10-12-7)4-1-2-4/h4H,1-2H2. The van der Waals surface area contributed by atoms with Gasteiger partial charge in [0, 0.05) is 5.92 Å². The van der Waals surface area contributed by atoms with E-state index in [2.05, 4.69) is 10.1 Å².